The number of benzene rings is 1. The molecule has 5 nitrogen and oxygen atoms in total. The van der Waals surface area contributed by atoms with Crippen molar-refractivity contribution < 1.29 is 4.79 Å². The molecule has 0 atom stereocenters. The number of rotatable bonds is 2. The van der Waals surface area contributed by atoms with Gasteiger partial charge in [-0.15, -0.1) is 11.3 Å². The second kappa shape index (κ2) is 5.95. The Labute approximate surface area is 150 Å². The molecular formula is C19H20N4OS. The molecule has 1 fully saturated rings. The largest absolute Gasteiger partial charge is 0.337 e. The zero-order valence-corrected chi connectivity index (χ0v) is 14.8. The highest BCUT2D eigenvalue weighted by atomic mass is 32.1. The van der Waals surface area contributed by atoms with Gasteiger partial charge in [0.05, 0.1) is 15.2 Å². The fraction of sp³-hybridized carbons (Fsp3) is 0.421. The average Bonchev–Trinajstić information content (AvgIpc) is 3.35. The quantitative estimate of drug-likeness (QED) is 0.710. The molecule has 2 aliphatic rings. The topological polar surface area (TPSA) is 51.0 Å². The first-order valence-electron chi connectivity index (χ1n) is 8.99. The second-order valence-electron chi connectivity index (χ2n) is 6.93. The lowest BCUT2D eigenvalue weighted by atomic mass is 9.97. The fourth-order valence-electron chi connectivity index (χ4n) is 3.92. The van der Waals surface area contributed by atoms with E-state index in [1.807, 2.05) is 21.7 Å². The molecule has 128 valence electrons. The van der Waals surface area contributed by atoms with E-state index in [1.165, 1.54) is 15.4 Å². The van der Waals surface area contributed by atoms with Gasteiger partial charge < -0.3 is 4.90 Å². The third kappa shape index (κ3) is 2.65. The summed E-state index contributed by atoms with van der Waals surface area (Å²) in [6, 6.07) is 10.3. The third-order valence-electron chi connectivity index (χ3n) is 5.33. The van der Waals surface area contributed by atoms with Crippen molar-refractivity contribution in [3.05, 3.63) is 46.7 Å². The maximum atomic E-state index is 12.7. The Morgan fingerprint density at radius 2 is 2.00 bits per heavy atom. The van der Waals surface area contributed by atoms with E-state index in [1.54, 1.807) is 11.3 Å². The average molecular weight is 352 g/mol. The first-order chi connectivity index (χ1) is 12.3. The predicted octanol–water partition coefficient (Wildman–Crippen LogP) is 3.46. The minimum absolute atomic E-state index is 0.0876. The molecule has 0 radical (unpaired) electrons. The first kappa shape index (κ1) is 15.1. The zero-order valence-electron chi connectivity index (χ0n) is 14.0. The SMILES string of the molecule is O=C(c1cc2n(n1)CCC2)N1CCC(c2nc3ccccc3s2)CC1. The van der Waals surface area contributed by atoms with Crippen LogP contribution in [0, 0.1) is 0 Å². The van der Waals surface area contributed by atoms with Gasteiger partial charge in [-0.25, -0.2) is 4.98 Å². The highest BCUT2D eigenvalue weighted by Gasteiger charge is 2.28. The number of amides is 1. The highest BCUT2D eigenvalue weighted by molar-refractivity contribution is 7.18. The highest BCUT2D eigenvalue weighted by Crippen LogP contribution is 2.34. The van der Waals surface area contributed by atoms with Crippen molar-refractivity contribution in [3.8, 4) is 0 Å². The number of para-hydroxylation sites is 1. The van der Waals surface area contributed by atoms with Crippen LogP contribution in [0.1, 0.15) is 46.4 Å². The number of nitrogens with zero attached hydrogens (tertiary/aromatic N) is 4. The molecule has 1 saturated heterocycles. The van der Waals surface area contributed by atoms with Crippen molar-refractivity contribution in [1.29, 1.82) is 0 Å². The van der Waals surface area contributed by atoms with Crippen LogP contribution in [0.2, 0.25) is 0 Å². The third-order valence-corrected chi connectivity index (χ3v) is 6.53. The molecule has 0 N–H and O–H groups in total. The second-order valence-corrected chi connectivity index (χ2v) is 8.00. The van der Waals surface area contributed by atoms with Gasteiger partial charge in [0.1, 0.15) is 0 Å². The van der Waals surface area contributed by atoms with Crippen LogP contribution < -0.4 is 0 Å². The molecule has 0 bridgehead atoms. The lowest BCUT2D eigenvalue weighted by molar-refractivity contribution is 0.0706. The van der Waals surface area contributed by atoms with Gasteiger partial charge in [-0.2, -0.15) is 5.10 Å². The number of piperidine rings is 1. The van der Waals surface area contributed by atoms with Gasteiger partial charge in [-0.05, 0) is 43.9 Å². The van der Waals surface area contributed by atoms with Crippen LogP contribution in [-0.2, 0) is 13.0 Å². The van der Waals surface area contributed by atoms with Crippen molar-refractivity contribution in [3.63, 3.8) is 0 Å². The van der Waals surface area contributed by atoms with Crippen molar-refractivity contribution in [2.24, 2.45) is 0 Å². The van der Waals surface area contributed by atoms with E-state index in [4.69, 9.17) is 4.98 Å². The lowest BCUT2D eigenvalue weighted by Crippen LogP contribution is -2.38. The number of carbonyl (C=O) groups excluding carboxylic acids is 1. The number of hydrogen-bond acceptors (Lipinski definition) is 4. The Bertz CT molecular complexity index is 881. The summed E-state index contributed by atoms with van der Waals surface area (Å²) in [5, 5.41) is 5.70. The monoisotopic (exact) mass is 352 g/mol. The van der Waals surface area contributed by atoms with Gasteiger partial charge >= 0.3 is 0 Å². The lowest BCUT2D eigenvalue weighted by Gasteiger charge is -2.30. The molecule has 3 aromatic rings. The Hall–Kier alpha value is -2.21. The number of thiazole rings is 1. The van der Waals surface area contributed by atoms with Gasteiger partial charge in [-0.1, -0.05) is 12.1 Å². The summed E-state index contributed by atoms with van der Waals surface area (Å²) in [7, 11) is 0. The molecule has 1 amide bonds. The maximum Gasteiger partial charge on any atom is 0.274 e. The van der Waals surface area contributed by atoms with Crippen LogP contribution in [0.4, 0.5) is 0 Å². The van der Waals surface area contributed by atoms with Gasteiger partial charge in [0.15, 0.2) is 5.69 Å². The number of aryl methyl sites for hydroxylation is 2. The molecule has 2 aromatic heterocycles. The predicted molar refractivity (Wildman–Crippen MR) is 98.0 cm³/mol. The molecule has 0 saturated carbocycles. The summed E-state index contributed by atoms with van der Waals surface area (Å²) >= 11 is 1.80. The minimum atomic E-state index is 0.0876. The molecule has 0 spiro atoms. The summed E-state index contributed by atoms with van der Waals surface area (Å²) in [6.45, 7) is 2.53. The van der Waals surface area contributed by atoms with Crippen LogP contribution in [0.25, 0.3) is 10.2 Å². The van der Waals surface area contributed by atoms with Gasteiger partial charge in [0.25, 0.3) is 5.91 Å². The van der Waals surface area contributed by atoms with Crippen LogP contribution in [0.3, 0.4) is 0 Å². The summed E-state index contributed by atoms with van der Waals surface area (Å²) in [5.41, 5.74) is 2.91. The Morgan fingerprint density at radius 1 is 1.16 bits per heavy atom. The summed E-state index contributed by atoms with van der Waals surface area (Å²) in [5.74, 6) is 0.554. The van der Waals surface area contributed by atoms with Crippen LogP contribution >= 0.6 is 11.3 Å². The molecule has 1 aromatic carbocycles. The smallest absolute Gasteiger partial charge is 0.274 e. The van der Waals surface area contributed by atoms with Crippen LogP contribution in [-0.4, -0.2) is 38.7 Å². The first-order valence-corrected chi connectivity index (χ1v) is 9.81. The molecule has 4 heterocycles. The van der Waals surface area contributed by atoms with Crippen molar-refractivity contribution in [2.45, 2.75) is 38.1 Å². The number of hydrogen-bond donors (Lipinski definition) is 0. The van der Waals surface area contributed by atoms with E-state index < -0.39 is 0 Å². The summed E-state index contributed by atoms with van der Waals surface area (Å²) < 4.78 is 3.24. The Kier molecular flexibility index (Phi) is 3.59. The molecule has 0 aliphatic carbocycles. The summed E-state index contributed by atoms with van der Waals surface area (Å²) in [6.07, 6.45) is 4.16. The van der Waals surface area contributed by atoms with E-state index in [0.29, 0.717) is 11.6 Å². The van der Waals surface area contributed by atoms with Crippen LogP contribution in [0.15, 0.2) is 30.3 Å². The Morgan fingerprint density at radius 3 is 2.80 bits per heavy atom. The zero-order chi connectivity index (χ0) is 16.8. The van der Waals surface area contributed by atoms with E-state index in [2.05, 4.69) is 23.3 Å². The van der Waals surface area contributed by atoms with Gasteiger partial charge in [0, 0.05) is 31.2 Å². The Balaban J connectivity index is 1.28. The standard InChI is InChI=1S/C19H20N4OS/c24-19(16-12-14-4-3-9-23(14)21-16)22-10-7-13(8-11-22)18-20-15-5-1-2-6-17(15)25-18/h1-2,5-6,12-13H,3-4,7-11H2. The maximum absolute atomic E-state index is 12.7. The van der Waals surface area contributed by atoms with E-state index in [0.717, 1.165) is 50.8 Å². The molecule has 6 heteroatoms. The van der Waals surface area contributed by atoms with E-state index in [-0.39, 0.29) is 5.91 Å². The van der Waals surface area contributed by atoms with E-state index in [9.17, 15) is 4.79 Å². The van der Waals surface area contributed by atoms with Gasteiger partial charge in [-0.3, -0.25) is 9.48 Å². The van der Waals surface area contributed by atoms with Gasteiger partial charge in [0.2, 0.25) is 0 Å². The van der Waals surface area contributed by atoms with Crippen LogP contribution in [0.5, 0.6) is 0 Å². The summed E-state index contributed by atoms with van der Waals surface area (Å²) in [4.78, 5) is 19.5. The van der Waals surface area contributed by atoms with Crippen molar-refractivity contribution in [1.82, 2.24) is 19.7 Å². The molecule has 2 aliphatic heterocycles. The molecular weight excluding hydrogens is 332 g/mol. The van der Waals surface area contributed by atoms with Crippen molar-refractivity contribution in [2.75, 3.05) is 13.1 Å². The number of likely N-dealkylation sites (tertiary alicyclic amines) is 1. The molecule has 5 rings (SSSR count). The number of aromatic nitrogens is 3. The number of carbonyl (C=O) groups is 1. The number of fused-ring (bicyclic) bond motifs is 2. The molecule has 0 unspecified atom stereocenters. The minimum Gasteiger partial charge on any atom is -0.337 e. The van der Waals surface area contributed by atoms with E-state index >= 15 is 0 Å². The normalized spacial score (nSPS) is 18.0. The fourth-order valence-corrected chi connectivity index (χ4v) is 5.06. The van der Waals surface area contributed by atoms with Crippen molar-refractivity contribution >= 4 is 27.5 Å². The molecule has 25 heavy (non-hydrogen) atoms.